The van der Waals surface area contributed by atoms with Gasteiger partial charge in [0.1, 0.15) is 0 Å². The van der Waals surface area contributed by atoms with E-state index in [1.54, 1.807) is 0 Å². The van der Waals surface area contributed by atoms with E-state index in [1.807, 2.05) is 0 Å². The first-order valence-electron chi connectivity index (χ1n) is 5.62. The van der Waals surface area contributed by atoms with Crippen LogP contribution in [0.3, 0.4) is 0 Å². The number of likely N-dealkylation sites (tertiary alicyclic amines) is 1. The van der Waals surface area contributed by atoms with E-state index in [4.69, 9.17) is 0 Å². The van der Waals surface area contributed by atoms with Crippen LogP contribution in [0.2, 0.25) is 0 Å². The van der Waals surface area contributed by atoms with Crippen molar-refractivity contribution in [2.75, 3.05) is 19.6 Å². The molecule has 2 saturated heterocycles. The molecule has 1 N–H and O–H groups in total. The summed E-state index contributed by atoms with van der Waals surface area (Å²) in [6.45, 7) is 7.68. The molecule has 1 spiro atoms. The fraction of sp³-hybridized carbons (Fsp3) is 0.909. The molecule has 0 aliphatic carbocycles. The average molecular weight is 196 g/mol. The van der Waals surface area contributed by atoms with Gasteiger partial charge in [-0.3, -0.25) is 4.79 Å². The van der Waals surface area contributed by atoms with Gasteiger partial charge < -0.3 is 10.2 Å². The van der Waals surface area contributed by atoms with E-state index in [-0.39, 0.29) is 11.3 Å². The van der Waals surface area contributed by atoms with Crippen molar-refractivity contribution < 1.29 is 4.79 Å². The molecule has 3 nitrogen and oxygen atoms in total. The van der Waals surface area contributed by atoms with Gasteiger partial charge in [-0.15, -0.1) is 0 Å². The molecule has 2 aliphatic heterocycles. The molecule has 3 heteroatoms. The van der Waals surface area contributed by atoms with Crippen LogP contribution in [0.15, 0.2) is 0 Å². The minimum absolute atomic E-state index is 0.246. The topological polar surface area (TPSA) is 32.3 Å². The van der Waals surface area contributed by atoms with Crippen molar-refractivity contribution in [2.45, 2.75) is 39.2 Å². The Morgan fingerprint density at radius 3 is 2.86 bits per heavy atom. The number of nitrogens with one attached hydrogen (secondary N) is 1. The largest absolute Gasteiger partial charge is 0.355 e. The summed E-state index contributed by atoms with van der Waals surface area (Å²) in [5.74, 6) is 0.246. The van der Waals surface area contributed by atoms with E-state index < -0.39 is 0 Å². The van der Waals surface area contributed by atoms with Crippen molar-refractivity contribution in [3.8, 4) is 0 Å². The van der Waals surface area contributed by atoms with Gasteiger partial charge in [0.15, 0.2) is 0 Å². The number of amides is 1. The fourth-order valence-electron chi connectivity index (χ4n) is 2.73. The second-order valence-corrected chi connectivity index (χ2v) is 5.12. The summed E-state index contributed by atoms with van der Waals surface area (Å²) in [6.07, 6.45) is 3.21. The van der Waals surface area contributed by atoms with Crippen LogP contribution >= 0.6 is 0 Å². The lowest BCUT2D eigenvalue weighted by Gasteiger charge is -2.41. The number of rotatable bonds is 1. The van der Waals surface area contributed by atoms with Gasteiger partial charge in [-0.05, 0) is 33.2 Å². The Kier molecular flexibility index (Phi) is 2.52. The number of carbonyl (C=O) groups is 1. The summed E-state index contributed by atoms with van der Waals surface area (Å²) in [6, 6.07) is 0.614. The zero-order chi connectivity index (χ0) is 10.2. The molecular weight excluding hydrogens is 176 g/mol. The van der Waals surface area contributed by atoms with Gasteiger partial charge in [0.25, 0.3) is 0 Å². The van der Waals surface area contributed by atoms with Crippen molar-refractivity contribution in [1.29, 1.82) is 0 Å². The van der Waals surface area contributed by atoms with Gasteiger partial charge in [-0.25, -0.2) is 0 Å². The highest BCUT2D eigenvalue weighted by molar-refractivity contribution is 5.79. The number of hydrogen-bond acceptors (Lipinski definition) is 2. The summed E-state index contributed by atoms with van der Waals surface area (Å²) in [5, 5.41) is 2.97. The number of nitrogens with zero attached hydrogens (tertiary/aromatic N) is 1. The molecule has 0 aromatic carbocycles. The van der Waals surface area contributed by atoms with Crippen LogP contribution < -0.4 is 5.32 Å². The molecule has 2 rings (SSSR count). The fourth-order valence-corrected chi connectivity index (χ4v) is 2.73. The molecule has 0 radical (unpaired) electrons. The monoisotopic (exact) mass is 196 g/mol. The summed E-state index contributed by atoms with van der Waals surface area (Å²) in [4.78, 5) is 13.8. The van der Waals surface area contributed by atoms with Crippen molar-refractivity contribution in [3.63, 3.8) is 0 Å². The molecule has 1 unspecified atom stereocenters. The van der Waals surface area contributed by atoms with E-state index in [2.05, 4.69) is 24.1 Å². The van der Waals surface area contributed by atoms with Crippen LogP contribution in [0, 0.1) is 5.41 Å². The van der Waals surface area contributed by atoms with Crippen molar-refractivity contribution in [3.05, 3.63) is 0 Å². The summed E-state index contributed by atoms with van der Waals surface area (Å²) >= 11 is 0. The first-order chi connectivity index (χ1) is 6.61. The van der Waals surface area contributed by atoms with E-state index in [1.165, 1.54) is 19.4 Å². The van der Waals surface area contributed by atoms with Crippen LogP contribution in [0.4, 0.5) is 0 Å². The average Bonchev–Trinajstić information content (AvgIpc) is 2.47. The molecule has 0 bridgehead atoms. The number of carbonyl (C=O) groups excluding carboxylic acids is 1. The normalized spacial score (nSPS) is 34.1. The molecule has 2 aliphatic rings. The van der Waals surface area contributed by atoms with Crippen LogP contribution in [0.1, 0.15) is 33.1 Å². The van der Waals surface area contributed by atoms with Crippen molar-refractivity contribution in [2.24, 2.45) is 5.41 Å². The van der Waals surface area contributed by atoms with Crippen LogP contribution in [-0.2, 0) is 4.79 Å². The predicted molar refractivity (Wildman–Crippen MR) is 56.0 cm³/mol. The smallest absolute Gasteiger partial charge is 0.220 e. The standard InChI is InChI=1S/C11H20N2O/c1-9(2)13-5-3-4-11(8-13)6-10(14)12-7-11/h9H,3-8H2,1-2H3,(H,12,14). The van der Waals surface area contributed by atoms with Crippen LogP contribution in [0.25, 0.3) is 0 Å². The lowest BCUT2D eigenvalue weighted by Crippen LogP contribution is -2.47. The van der Waals surface area contributed by atoms with Gasteiger partial charge in [-0.1, -0.05) is 0 Å². The molecular formula is C11H20N2O. The van der Waals surface area contributed by atoms with Gasteiger partial charge in [0.05, 0.1) is 0 Å². The van der Waals surface area contributed by atoms with Gasteiger partial charge in [-0.2, -0.15) is 0 Å². The third-order valence-corrected chi connectivity index (χ3v) is 3.62. The maximum Gasteiger partial charge on any atom is 0.220 e. The molecule has 0 saturated carbocycles. The Labute approximate surface area is 85.8 Å². The first kappa shape index (κ1) is 9.97. The first-order valence-corrected chi connectivity index (χ1v) is 5.62. The number of piperidine rings is 1. The quantitative estimate of drug-likeness (QED) is 0.678. The second-order valence-electron chi connectivity index (χ2n) is 5.12. The SMILES string of the molecule is CC(C)N1CCCC2(CNC(=O)C2)C1. The van der Waals surface area contributed by atoms with E-state index in [0.717, 1.165) is 19.5 Å². The van der Waals surface area contributed by atoms with E-state index >= 15 is 0 Å². The van der Waals surface area contributed by atoms with Gasteiger partial charge in [0.2, 0.25) is 5.91 Å². The Hall–Kier alpha value is -0.570. The highest BCUT2D eigenvalue weighted by Crippen LogP contribution is 2.36. The molecule has 1 atom stereocenters. The highest BCUT2D eigenvalue weighted by atomic mass is 16.1. The lowest BCUT2D eigenvalue weighted by atomic mass is 9.79. The lowest BCUT2D eigenvalue weighted by molar-refractivity contribution is -0.120. The zero-order valence-electron chi connectivity index (χ0n) is 9.18. The molecule has 0 aromatic heterocycles. The molecule has 2 heterocycles. The minimum Gasteiger partial charge on any atom is -0.355 e. The van der Waals surface area contributed by atoms with Gasteiger partial charge >= 0.3 is 0 Å². The minimum atomic E-state index is 0.246. The third kappa shape index (κ3) is 1.78. The van der Waals surface area contributed by atoms with E-state index in [0.29, 0.717) is 6.04 Å². The maximum atomic E-state index is 11.3. The molecule has 80 valence electrons. The molecule has 1 amide bonds. The number of hydrogen-bond donors (Lipinski definition) is 1. The Balaban J connectivity index is 2.03. The van der Waals surface area contributed by atoms with Gasteiger partial charge in [0, 0.05) is 31.0 Å². The predicted octanol–water partition coefficient (Wildman–Crippen LogP) is 0.997. The Morgan fingerprint density at radius 2 is 2.29 bits per heavy atom. The zero-order valence-corrected chi connectivity index (χ0v) is 9.18. The van der Waals surface area contributed by atoms with Crippen molar-refractivity contribution >= 4 is 5.91 Å². The summed E-state index contributed by atoms with van der Waals surface area (Å²) < 4.78 is 0. The Morgan fingerprint density at radius 1 is 1.50 bits per heavy atom. The maximum absolute atomic E-state index is 11.3. The molecule has 0 aromatic rings. The molecule has 2 fully saturated rings. The van der Waals surface area contributed by atoms with Crippen molar-refractivity contribution in [1.82, 2.24) is 10.2 Å². The Bertz CT molecular complexity index is 239. The third-order valence-electron chi connectivity index (χ3n) is 3.62. The summed E-state index contributed by atoms with van der Waals surface area (Å²) in [5.41, 5.74) is 0.263. The molecule has 14 heavy (non-hydrogen) atoms. The second kappa shape index (κ2) is 3.54. The highest BCUT2D eigenvalue weighted by Gasteiger charge is 2.41. The summed E-state index contributed by atoms with van der Waals surface area (Å²) in [7, 11) is 0. The van der Waals surface area contributed by atoms with Crippen LogP contribution in [-0.4, -0.2) is 36.5 Å². The van der Waals surface area contributed by atoms with E-state index in [9.17, 15) is 4.79 Å². The van der Waals surface area contributed by atoms with Crippen LogP contribution in [0.5, 0.6) is 0 Å².